The molecule has 1 amide bonds. The first kappa shape index (κ1) is 32.5. The standard InChI is InChI=1S/C36H58BrNO4/c1-21(2)19-25(30(40)41)38-31(42)36-16-11-23(22(3)20-37)29(36)24-9-10-27-33(6)14-13-28(39)32(4,5)26(33)12-15-35(27,8)34(24,7)17-18-36/h21,23-29,39H,3,9-20H2,1-2,4-8H3,(H,38,42)(H,40,41)/t23-,24+,25-,26-,27?,28-,29+,33-,34+,35+,36-/m0/s1. The van der Waals surface area contributed by atoms with Crippen LogP contribution in [0.3, 0.4) is 0 Å². The van der Waals surface area contributed by atoms with Gasteiger partial charge < -0.3 is 15.5 Å². The number of hydrogen-bond acceptors (Lipinski definition) is 3. The van der Waals surface area contributed by atoms with Gasteiger partial charge in [0.25, 0.3) is 0 Å². The highest BCUT2D eigenvalue weighted by molar-refractivity contribution is 9.09. The average molecular weight is 649 g/mol. The highest BCUT2D eigenvalue weighted by atomic mass is 79.9. The molecule has 0 aromatic heterocycles. The van der Waals surface area contributed by atoms with E-state index in [0.717, 1.165) is 50.3 Å². The quantitative estimate of drug-likeness (QED) is 0.193. The molecule has 6 heteroatoms. The molecule has 5 nitrogen and oxygen atoms in total. The molecule has 5 aliphatic carbocycles. The summed E-state index contributed by atoms with van der Waals surface area (Å²) in [6.45, 7) is 20.9. The van der Waals surface area contributed by atoms with Gasteiger partial charge in [0.2, 0.25) is 5.91 Å². The highest BCUT2D eigenvalue weighted by Crippen LogP contribution is 2.77. The summed E-state index contributed by atoms with van der Waals surface area (Å²) >= 11 is 3.71. The van der Waals surface area contributed by atoms with Gasteiger partial charge in [-0.1, -0.05) is 76.5 Å². The molecule has 5 fully saturated rings. The molecule has 5 rings (SSSR count). The number of fused-ring (bicyclic) bond motifs is 7. The number of carboxylic acid groups (broad SMARTS) is 1. The summed E-state index contributed by atoms with van der Waals surface area (Å²) in [5.41, 5.74) is 1.11. The second kappa shape index (κ2) is 10.9. The molecule has 1 unspecified atom stereocenters. The monoisotopic (exact) mass is 647 g/mol. The summed E-state index contributed by atoms with van der Waals surface area (Å²) < 4.78 is 0. The Morgan fingerprint density at radius 3 is 2.21 bits per heavy atom. The van der Waals surface area contributed by atoms with E-state index in [0.29, 0.717) is 24.2 Å². The van der Waals surface area contributed by atoms with Crippen LogP contribution in [0.15, 0.2) is 12.2 Å². The molecule has 0 aliphatic heterocycles. The van der Waals surface area contributed by atoms with Crippen molar-refractivity contribution in [2.24, 2.45) is 62.6 Å². The minimum absolute atomic E-state index is 0.0153. The second-order valence-corrected chi connectivity index (χ2v) is 17.7. The van der Waals surface area contributed by atoms with Crippen LogP contribution in [0.2, 0.25) is 0 Å². The Balaban J connectivity index is 1.52. The Kier molecular flexibility index (Phi) is 8.42. The van der Waals surface area contributed by atoms with E-state index in [1.165, 1.54) is 24.8 Å². The van der Waals surface area contributed by atoms with Gasteiger partial charge in [0.15, 0.2) is 0 Å². The summed E-state index contributed by atoms with van der Waals surface area (Å²) in [6, 6.07) is -0.840. The van der Waals surface area contributed by atoms with Crippen molar-refractivity contribution in [3.05, 3.63) is 12.2 Å². The van der Waals surface area contributed by atoms with Crippen molar-refractivity contribution in [3.63, 3.8) is 0 Å². The molecule has 0 aromatic rings. The molecule has 0 saturated heterocycles. The Labute approximate surface area is 263 Å². The molecule has 3 N–H and O–H groups in total. The number of aliphatic hydroxyl groups is 1. The highest BCUT2D eigenvalue weighted by Gasteiger charge is 2.72. The molecule has 0 bridgehead atoms. The van der Waals surface area contributed by atoms with Crippen LogP contribution in [-0.2, 0) is 9.59 Å². The zero-order chi connectivity index (χ0) is 31.0. The molecule has 0 heterocycles. The lowest BCUT2D eigenvalue weighted by molar-refractivity contribution is -0.246. The van der Waals surface area contributed by atoms with Crippen LogP contribution in [0.5, 0.6) is 0 Å². The molecule has 42 heavy (non-hydrogen) atoms. The topological polar surface area (TPSA) is 86.6 Å². The molecule has 5 aliphatic rings. The van der Waals surface area contributed by atoms with Gasteiger partial charge in [-0.25, -0.2) is 4.79 Å². The largest absolute Gasteiger partial charge is 0.480 e. The smallest absolute Gasteiger partial charge is 0.326 e. The van der Waals surface area contributed by atoms with E-state index in [1.54, 1.807) is 0 Å². The maximum Gasteiger partial charge on any atom is 0.326 e. The molecule has 0 aromatic carbocycles. The predicted octanol–water partition coefficient (Wildman–Crippen LogP) is 8.00. The van der Waals surface area contributed by atoms with Crippen molar-refractivity contribution < 1.29 is 19.8 Å². The lowest BCUT2D eigenvalue weighted by Crippen LogP contribution is -2.67. The first-order valence-corrected chi connectivity index (χ1v) is 18.1. The fraction of sp³-hybridized carbons (Fsp3) is 0.889. The maximum absolute atomic E-state index is 14.4. The number of nitrogens with one attached hydrogen (secondary N) is 1. The average Bonchev–Trinajstić information content (AvgIpc) is 3.31. The Morgan fingerprint density at radius 1 is 0.905 bits per heavy atom. The number of aliphatic carboxylic acids is 1. The van der Waals surface area contributed by atoms with Crippen molar-refractivity contribution in [1.29, 1.82) is 0 Å². The van der Waals surface area contributed by atoms with Crippen molar-refractivity contribution >= 4 is 27.8 Å². The number of carboxylic acids is 1. The Morgan fingerprint density at radius 2 is 1.60 bits per heavy atom. The number of carbonyl (C=O) groups excluding carboxylic acids is 1. The molecule has 0 radical (unpaired) electrons. The summed E-state index contributed by atoms with van der Waals surface area (Å²) in [7, 11) is 0. The third-order valence-corrected chi connectivity index (χ3v) is 15.6. The fourth-order valence-corrected chi connectivity index (χ4v) is 12.9. The minimum atomic E-state index is -0.927. The zero-order valence-corrected chi connectivity index (χ0v) is 29.0. The molecule has 5 saturated carbocycles. The zero-order valence-electron chi connectivity index (χ0n) is 27.4. The van der Waals surface area contributed by atoms with Crippen molar-refractivity contribution in [2.45, 2.75) is 131 Å². The van der Waals surface area contributed by atoms with Gasteiger partial charge >= 0.3 is 5.97 Å². The van der Waals surface area contributed by atoms with E-state index in [4.69, 9.17) is 0 Å². The second-order valence-electron chi connectivity index (χ2n) is 17.2. The maximum atomic E-state index is 14.4. The van der Waals surface area contributed by atoms with Gasteiger partial charge in [0.1, 0.15) is 6.04 Å². The molecular formula is C36H58BrNO4. The normalized spacial score (nSPS) is 46.5. The van der Waals surface area contributed by atoms with Crippen LogP contribution in [0.4, 0.5) is 0 Å². The van der Waals surface area contributed by atoms with Crippen LogP contribution in [0, 0.1) is 62.6 Å². The molecule has 0 spiro atoms. The van der Waals surface area contributed by atoms with E-state index >= 15 is 0 Å². The fourth-order valence-electron chi connectivity index (χ4n) is 12.5. The molecule has 11 atom stereocenters. The third kappa shape index (κ3) is 4.52. The molecular weight excluding hydrogens is 590 g/mol. The minimum Gasteiger partial charge on any atom is -0.480 e. The number of aliphatic hydroxyl groups excluding tert-OH is 1. The summed E-state index contributed by atoms with van der Waals surface area (Å²) in [4.78, 5) is 26.6. The number of halogens is 1. The SMILES string of the molecule is C=C(CBr)[C@@H]1CC[C@]2(C(=O)N[C@@H](CC(C)C)C(=O)O)CC[C@]3(C)[C@H](CCC4[C@@]5(C)CC[C@H](O)C(C)(C)[C@@H]5CC[C@]43C)[C@@H]12. The lowest BCUT2D eigenvalue weighted by atomic mass is 9.32. The van der Waals surface area contributed by atoms with Crippen LogP contribution in [-0.4, -0.2) is 39.6 Å². The van der Waals surface area contributed by atoms with E-state index in [-0.39, 0.29) is 51.4 Å². The first-order valence-electron chi connectivity index (χ1n) is 16.9. The van der Waals surface area contributed by atoms with E-state index < -0.39 is 17.4 Å². The van der Waals surface area contributed by atoms with Gasteiger partial charge in [0.05, 0.1) is 11.5 Å². The number of carbonyl (C=O) groups is 2. The van der Waals surface area contributed by atoms with Crippen molar-refractivity contribution in [3.8, 4) is 0 Å². The van der Waals surface area contributed by atoms with Crippen LogP contribution >= 0.6 is 15.9 Å². The number of amides is 1. The number of allylic oxidation sites excluding steroid dienone is 1. The van der Waals surface area contributed by atoms with Crippen molar-refractivity contribution in [1.82, 2.24) is 5.32 Å². The third-order valence-electron chi connectivity index (χ3n) is 14.9. The summed E-state index contributed by atoms with van der Waals surface area (Å²) in [5, 5.41) is 24.9. The summed E-state index contributed by atoms with van der Waals surface area (Å²) in [6.07, 6.45) is 10.5. The van der Waals surface area contributed by atoms with Crippen LogP contribution in [0.1, 0.15) is 119 Å². The van der Waals surface area contributed by atoms with Gasteiger partial charge in [-0.05, 0) is 128 Å². The van der Waals surface area contributed by atoms with Crippen molar-refractivity contribution in [2.75, 3.05) is 5.33 Å². The van der Waals surface area contributed by atoms with Crippen LogP contribution < -0.4 is 5.32 Å². The Hall–Kier alpha value is -0.880. The van der Waals surface area contributed by atoms with Gasteiger partial charge in [-0.3, -0.25) is 4.79 Å². The number of rotatable bonds is 7. The van der Waals surface area contributed by atoms with Gasteiger partial charge in [0, 0.05) is 5.33 Å². The lowest BCUT2D eigenvalue weighted by Gasteiger charge is -2.72. The van der Waals surface area contributed by atoms with E-state index in [2.05, 4.69) is 62.4 Å². The molecule has 238 valence electrons. The predicted molar refractivity (Wildman–Crippen MR) is 172 cm³/mol. The van der Waals surface area contributed by atoms with E-state index in [9.17, 15) is 19.8 Å². The van der Waals surface area contributed by atoms with E-state index in [1.807, 2.05) is 13.8 Å². The van der Waals surface area contributed by atoms with Gasteiger partial charge in [-0.2, -0.15) is 0 Å². The van der Waals surface area contributed by atoms with Gasteiger partial charge in [-0.15, -0.1) is 0 Å². The number of alkyl halides is 1. The van der Waals surface area contributed by atoms with Crippen LogP contribution in [0.25, 0.3) is 0 Å². The number of hydrogen-bond donors (Lipinski definition) is 3. The Bertz CT molecular complexity index is 1100. The first-order chi connectivity index (χ1) is 19.5. The summed E-state index contributed by atoms with van der Waals surface area (Å²) in [5.74, 6) is 1.28.